The number of carbonyl (C=O) groups excluding carboxylic acids is 1. The van der Waals surface area contributed by atoms with Crippen LogP contribution in [0.15, 0.2) is 69.9 Å². The number of amides is 1. The molecule has 1 N–H and O–H groups in total. The highest BCUT2D eigenvalue weighted by molar-refractivity contribution is 7.17. The molecule has 11 heteroatoms. The van der Waals surface area contributed by atoms with Gasteiger partial charge in [-0.25, -0.2) is 4.39 Å². The van der Waals surface area contributed by atoms with Gasteiger partial charge in [-0.1, -0.05) is 29.5 Å². The summed E-state index contributed by atoms with van der Waals surface area (Å²) < 4.78 is 27.0. The second kappa shape index (κ2) is 8.67. The van der Waals surface area contributed by atoms with Gasteiger partial charge in [0, 0.05) is 31.7 Å². The summed E-state index contributed by atoms with van der Waals surface area (Å²) in [6.07, 6.45) is 3.00. The molecule has 0 bridgehead atoms. The predicted molar refractivity (Wildman–Crippen MR) is 125 cm³/mol. The second-order valence-corrected chi connectivity index (χ2v) is 9.14. The van der Waals surface area contributed by atoms with Crippen LogP contribution in [0.25, 0.3) is 16.5 Å². The number of aromatic nitrogens is 3. The minimum Gasteiger partial charge on any atom is -0.492 e. The van der Waals surface area contributed by atoms with E-state index in [1.54, 1.807) is 47.4 Å². The maximum atomic E-state index is 15.0. The molecule has 35 heavy (non-hydrogen) atoms. The minimum atomic E-state index is -0.572. The molecule has 1 saturated heterocycles. The number of thiazole rings is 1. The van der Waals surface area contributed by atoms with Crippen LogP contribution in [0, 0.1) is 5.82 Å². The van der Waals surface area contributed by atoms with Crippen molar-refractivity contribution in [1.29, 1.82) is 0 Å². The number of hydrogen-bond donors (Lipinski definition) is 1. The molecule has 1 amide bonds. The molecular weight excluding hydrogens is 473 g/mol. The van der Waals surface area contributed by atoms with Crippen molar-refractivity contribution >= 4 is 22.2 Å². The Bertz CT molecular complexity index is 1470. The Morgan fingerprint density at radius 3 is 2.49 bits per heavy atom. The molecule has 4 aromatic heterocycles. The van der Waals surface area contributed by atoms with E-state index in [9.17, 15) is 9.90 Å². The normalized spacial score (nSPS) is 15.6. The Labute approximate surface area is 202 Å². The number of hydrogen-bond acceptors (Lipinski definition) is 8. The molecule has 6 rings (SSSR count). The van der Waals surface area contributed by atoms with Gasteiger partial charge in [-0.05, 0) is 30.3 Å². The molecule has 0 spiro atoms. The van der Waals surface area contributed by atoms with Crippen LogP contribution in [-0.4, -0.2) is 61.6 Å². The molecule has 5 heterocycles. The number of fused-ring (bicyclic) bond motifs is 1. The average molecular weight is 494 g/mol. The van der Waals surface area contributed by atoms with Gasteiger partial charge in [0.15, 0.2) is 11.5 Å². The number of carbonyl (C=O) groups is 1. The molecule has 178 valence electrons. The van der Waals surface area contributed by atoms with Gasteiger partial charge in [-0.15, -0.1) is 5.10 Å². The second-order valence-electron chi connectivity index (χ2n) is 8.13. The first-order valence-corrected chi connectivity index (χ1v) is 11.9. The van der Waals surface area contributed by atoms with Gasteiger partial charge < -0.3 is 18.8 Å². The van der Waals surface area contributed by atoms with E-state index in [0.29, 0.717) is 58.9 Å². The molecule has 0 saturated carbocycles. The van der Waals surface area contributed by atoms with Crippen molar-refractivity contribution in [2.24, 2.45) is 0 Å². The maximum Gasteiger partial charge on any atom is 0.289 e. The lowest BCUT2D eigenvalue weighted by atomic mass is 10.0. The fraction of sp³-hybridized carbons (Fsp3) is 0.208. The van der Waals surface area contributed by atoms with E-state index in [1.165, 1.54) is 34.4 Å². The molecule has 9 nitrogen and oxygen atoms in total. The number of piperazine rings is 1. The molecule has 1 atom stereocenters. The zero-order valence-electron chi connectivity index (χ0n) is 18.4. The van der Waals surface area contributed by atoms with E-state index in [0.717, 1.165) is 0 Å². The van der Waals surface area contributed by atoms with E-state index < -0.39 is 6.04 Å². The standard InChI is InChI=1S/C24H20FN5O4S/c25-16-6-2-1-5-15(16)19(28-9-11-29(12-10-28)22(31)18-8-4-14-34-18)20-23(32)30-24(35-20)26-21(27-30)17-7-3-13-33-17/h1-8,13-14,19,32H,9-12H2/t19-/m1/s1. The van der Waals surface area contributed by atoms with Crippen molar-refractivity contribution in [2.75, 3.05) is 26.2 Å². The highest BCUT2D eigenvalue weighted by Crippen LogP contribution is 2.41. The van der Waals surface area contributed by atoms with Gasteiger partial charge >= 0.3 is 0 Å². The van der Waals surface area contributed by atoms with Crippen LogP contribution in [0.2, 0.25) is 0 Å². The molecule has 1 aliphatic rings. The van der Waals surface area contributed by atoms with Crippen LogP contribution in [0.1, 0.15) is 27.0 Å². The number of furan rings is 2. The number of nitrogens with zero attached hydrogens (tertiary/aromatic N) is 5. The fourth-order valence-corrected chi connectivity index (χ4v) is 5.49. The Morgan fingerprint density at radius 1 is 1.03 bits per heavy atom. The van der Waals surface area contributed by atoms with Gasteiger partial charge in [-0.2, -0.15) is 9.50 Å². The Hall–Kier alpha value is -3.96. The molecule has 0 radical (unpaired) electrons. The van der Waals surface area contributed by atoms with E-state index in [-0.39, 0.29) is 17.6 Å². The van der Waals surface area contributed by atoms with Crippen molar-refractivity contribution < 1.29 is 23.1 Å². The smallest absolute Gasteiger partial charge is 0.289 e. The summed E-state index contributed by atoms with van der Waals surface area (Å²) in [5.41, 5.74) is 0.435. The summed E-state index contributed by atoms with van der Waals surface area (Å²) in [7, 11) is 0. The number of aromatic hydroxyl groups is 1. The molecule has 0 aliphatic carbocycles. The first kappa shape index (κ1) is 21.6. The predicted octanol–water partition coefficient (Wildman–Crippen LogP) is 4.04. The van der Waals surface area contributed by atoms with Crippen molar-refractivity contribution in [3.8, 4) is 17.5 Å². The van der Waals surface area contributed by atoms with Crippen LogP contribution in [0.5, 0.6) is 5.88 Å². The monoisotopic (exact) mass is 493 g/mol. The number of halogens is 1. The van der Waals surface area contributed by atoms with E-state index >= 15 is 4.39 Å². The third-order valence-corrected chi connectivity index (χ3v) is 7.16. The zero-order valence-corrected chi connectivity index (χ0v) is 19.2. The van der Waals surface area contributed by atoms with Crippen LogP contribution < -0.4 is 0 Å². The maximum absolute atomic E-state index is 15.0. The molecular formula is C24H20FN5O4S. The lowest BCUT2D eigenvalue weighted by molar-refractivity contribution is 0.0565. The van der Waals surface area contributed by atoms with E-state index in [1.807, 2.05) is 0 Å². The molecule has 1 aromatic carbocycles. The van der Waals surface area contributed by atoms with Crippen LogP contribution in [0.4, 0.5) is 4.39 Å². The third-order valence-electron chi connectivity index (χ3n) is 6.09. The summed E-state index contributed by atoms with van der Waals surface area (Å²) in [6, 6.07) is 12.7. The first-order valence-electron chi connectivity index (χ1n) is 11.0. The van der Waals surface area contributed by atoms with E-state index in [4.69, 9.17) is 8.83 Å². The van der Waals surface area contributed by atoms with Crippen LogP contribution in [-0.2, 0) is 0 Å². The summed E-state index contributed by atoms with van der Waals surface area (Å²) >= 11 is 1.25. The van der Waals surface area contributed by atoms with Crippen LogP contribution in [0.3, 0.4) is 0 Å². The average Bonchev–Trinajstić information content (AvgIpc) is 3.68. The Morgan fingerprint density at radius 2 is 1.80 bits per heavy atom. The summed E-state index contributed by atoms with van der Waals surface area (Å²) in [4.78, 5) is 21.9. The van der Waals surface area contributed by atoms with Gasteiger partial charge in [0.25, 0.3) is 5.91 Å². The van der Waals surface area contributed by atoms with Gasteiger partial charge in [0.05, 0.1) is 23.4 Å². The number of benzene rings is 1. The SMILES string of the molecule is O=C(c1ccco1)N1CCN([C@H](c2ccccc2F)c2sc3nc(-c4ccco4)nn3c2O)CC1. The van der Waals surface area contributed by atoms with Gasteiger partial charge in [0.2, 0.25) is 16.7 Å². The molecule has 1 aliphatic heterocycles. The highest BCUT2D eigenvalue weighted by atomic mass is 32.1. The van der Waals surface area contributed by atoms with Crippen molar-refractivity contribution in [3.63, 3.8) is 0 Å². The molecule has 1 fully saturated rings. The Balaban J connectivity index is 1.33. The summed E-state index contributed by atoms with van der Waals surface area (Å²) in [6.45, 7) is 1.84. The Kier molecular flexibility index (Phi) is 5.34. The van der Waals surface area contributed by atoms with Crippen molar-refractivity contribution in [1.82, 2.24) is 24.4 Å². The fourth-order valence-electron chi connectivity index (χ4n) is 4.38. The van der Waals surface area contributed by atoms with Crippen molar-refractivity contribution in [3.05, 3.63) is 83.1 Å². The highest BCUT2D eigenvalue weighted by Gasteiger charge is 2.34. The summed E-state index contributed by atoms with van der Waals surface area (Å²) in [5, 5.41) is 15.5. The zero-order chi connectivity index (χ0) is 23.9. The quantitative estimate of drug-likeness (QED) is 0.394. The van der Waals surface area contributed by atoms with Crippen molar-refractivity contribution in [2.45, 2.75) is 6.04 Å². The van der Waals surface area contributed by atoms with Gasteiger partial charge in [0.1, 0.15) is 5.82 Å². The van der Waals surface area contributed by atoms with E-state index in [2.05, 4.69) is 15.0 Å². The number of rotatable bonds is 5. The van der Waals surface area contributed by atoms with Gasteiger partial charge in [-0.3, -0.25) is 9.69 Å². The molecule has 0 unspecified atom stereocenters. The third kappa shape index (κ3) is 3.78. The summed E-state index contributed by atoms with van der Waals surface area (Å²) in [5.74, 6) is 0.489. The largest absolute Gasteiger partial charge is 0.492 e. The lowest BCUT2D eigenvalue weighted by Gasteiger charge is -2.38. The first-order chi connectivity index (χ1) is 17.1. The molecule has 5 aromatic rings. The topological polar surface area (TPSA) is 100 Å². The van der Waals surface area contributed by atoms with Crippen LogP contribution >= 0.6 is 11.3 Å². The lowest BCUT2D eigenvalue weighted by Crippen LogP contribution is -2.49. The minimum absolute atomic E-state index is 0.0994.